The predicted molar refractivity (Wildman–Crippen MR) is 125 cm³/mol. The van der Waals surface area contributed by atoms with Crippen LogP contribution in [0.5, 0.6) is 0 Å². The normalized spacial score (nSPS) is 19.8. The second kappa shape index (κ2) is 9.18. The summed E-state index contributed by atoms with van der Waals surface area (Å²) < 4.78 is 6.07. The smallest absolute Gasteiger partial charge is 0.265 e. The van der Waals surface area contributed by atoms with E-state index in [0.29, 0.717) is 25.3 Å². The van der Waals surface area contributed by atoms with Crippen LogP contribution in [0.25, 0.3) is 10.8 Å². The fourth-order valence-electron chi connectivity index (χ4n) is 4.34. The quantitative estimate of drug-likeness (QED) is 0.627. The number of morpholine rings is 1. The monoisotopic (exact) mass is 417 g/mol. The lowest BCUT2D eigenvalue weighted by molar-refractivity contribution is -0.137. The Labute approximate surface area is 184 Å². The van der Waals surface area contributed by atoms with Crippen LogP contribution in [0.15, 0.2) is 72.8 Å². The largest absolute Gasteiger partial charge is 0.372 e. The van der Waals surface area contributed by atoms with Gasteiger partial charge in [0.2, 0.25) is 0 Å². The van der Waals surface area contributed by atoms with E-state index in [1.54, 1.807) is 0 Å². The molecule has 31 heavy (non-hydrogen) atoms. The molecule has 1 fully saturated rings. The lowest BCUT2D eigenvalue weighted by Crippen LogP contribution is -2.65. The Kier molecular flexibility index (Phi) is 6.37. The number of fused-ring (bicyclic) bond motifs is 1. The van der Waals surface area contributed by atoms with E-state index in [0.717, 1.165) is 0 Å². The number of carbonyl (C=O) groups excluding carboxylic acids is 1. The molecule has 3 aromatic rings. The molecule has 1 aliphatic rings. The molecule has 0 aromatic heterocycles. The first-order chi connectivity index (χ1) is 15.0. The van der Waals surface area contributed by atoms with Gasteiger partial charge in [0.15, 0.2) is 0 Å². The lowest BCUT2D eigenvalue weighted by atomic mass is 9.94. The Bertz CT molecular complexity index is 1030. The van der Waals surface area contributed by atoms with Crippen LogP contribution in [-0.2, 0) is 4.74 Å². The summed E-state index contributed by atoms with van der Waals surface area (Å²) in [5, 5.41) is 8.22. The van der Waals surface area contributed by atoms with Crippen LogP contribution in [-0.4, -0.2) is 42.3 Å². The van der Waals surface area contributed by atoms with Crippen LogP contribution >= 0.6 is 0 Å². The van der Waals surface area contributed by atoms with E-state index in [4.69, 9.17) is 4.74 Å². The predicted octanol–water partition coefficient (Wildman–Crippen LogP) is 4.31. The maximum atomic E-state index is 12.8. The Morgan fingerprint density at radius 1 is 1.06 bits per heavy atom. The van der Waals surface area contributed by atoms with Crippen molar-refractivity contribution in [3.8, 4) is 0 Å². The highest BCUT2D eigenvalue weighted by Gasteiger charge is 2.39. The summed E-state index contributed by atoms with van der Waals surface area (Å²) in [6.07, 6.45) is 0. The number of nitrogens with zero attached hydrogens (tertiary/aromatic N) is 1. The summed E-state index contributed by atoms with van der Waals surface area (Å²) in [6, 6.07) is 24.4. The molecule has 0 bridgehead atoms. The van der Waals surface area contributed by atoms with Crippen molar-refractivity contribution in [1.82, 2.24) is 15.8 Å². The summed E-state index contributed by atoms with van der Waals surface area (Å²) in [5.41, 5.74) is 4.64. The van der Waals surface area contributed by atoms with Gasteiger partial charge in [0.05, 0.1) is 18.2 Å². The number of hydrogen-bond donors (Lipinski definition) is 2. The molecule has 1 saturated heterocycles. The lowest BCUT2D eigenvalue weighted by Gasteiger charge is -2.46. The molecule has 5 heteroatoms. The zero-order valence-electron chi connectivity index (χ0n) is 18.5. The summed E-state index contributed by atoms with van der Waals surface area (Å²) >= 11 is 0. The second-order valence-electron chi connectivity index (χ2n) is 8.67. The Balaban J connectivity index is 1.49. The molecule has 1 unspecified atom stereocenters. The Morgan fingerprint density at radius 3 is 2.58 bits per heavy atom. The topological polar surface area (TPSA) is 53.6 Å². The minimum absolute atomic E-state index is 0.00802. The fourth-order valence-corrected chi connectivity index (χ4v) is 4.34. The first-order valence-corrected chi connectivity index (χ1v) is 10.9. The van der Waals surface area contributed by atoms with Crippen molar-refractivity contribution in [2.45, 2.75) is 38.5 Å². The molecule has 2 atom stereocenters. The van der Waals surface area contributed by atoms with Crippen molar-refractivity contribution in [3.63, 3.8) is 0 Å². The highest BCUT2D eigenvalue weighted by atomic mass is 16.5. The molecule has 1 heterocycles. The first kappa shape index (κ1) is 21.5. The van der Waals surface area contributed by atoms with Crippen molar-refractivity contribution >= 4 is 16.7 Å². The van der Waals surface area contributed by atoms with Gasteiger partial charge in [-0.15, -0.1) is 0 Å². The van der Waals surface area contributed by atoms with Gasteiger partial charge in [0.1, 0.15) is 0 Å². The van der Waals surface area contributed by atoms with E-state index in [1.165, 1.54) is 16.3 Å². The van der Waals surface area contributed by atoms with Crippen LogP contribution in [0.2, 0.25) is 0 Å². The number of rotatable bonds is 6. The number of ether oxygens (including phenoxy) is 1. The van der Waals surface area contributed by atoms with Gasteiger partial charge in [-0.3, -0.25) is 10.2 Å². The van der Waals surface area contributed by atoms with Crippen molar-refractivity contribution in [2.24, 2.45) is 0 Å². The molecular formula is C26H31N3O2. The number of hydrazine groups is 1. The third kappa shape index (κ3) is 4.79. The zero-order valence-corrected chi connectivity index (χ0v) is 18.5. The van der Waals surface area contributed by atoms with Gasteiger partial charge in [-0.05, 0) is 49.2 Å². The molecule has 0 aliphatic carbocycles. The first-order valence-electron chi connectivity index (χ1n) is 10.9. The molecule has 162 valence electrons. The van der Waals surface area contributed by atoms with Crippen LogP contribution in [0, 0.1) is 0 Å². The van der Waals surface area contributed by atoms with E-state index in [9.17, 15) is 4.79 Å². The Hall–Kier alpha value is -2.73. The van der Waals surface area contributed by atoms with Gasteiger partial charge >= 0.3 is 0 Å². The van der Waals surface area contributed by atoms with Gasteiger partial charge in [-0.1, -0.05) is 60.7 Å². The number of hydrogen-bond acceptors (Lipinski definition) is 4. The van der Waals surface area contributed by atoms with E-state index in [2.05, 4.69) is 74.0 Å². The highest BCUT2D eigenvalue weighted by Crippen LogP contribution is 2.27. The summed E-state index contributed by atoms with van der Waals surface area (Å²) in [7, 11) is 0. The number of nitrogens with one attached hydrogen (secondary N) is 2. The average Bonchev–Trinajstić information content (AvgIpc) is 2.78. The third-order valence-corrected chi connectivity index (χ3v) is 6.17. The van der Waals surface area contributed by atoms with E-state index < -0.39 is 5.60 Å². The number of benzene rings is 3. The van der Waals surface area contributed by atoms with Crippen molar-refractivity contribution in [3.05, 3.63) is 83.9 Å². The van der Waals surface area contributed by atoms with Gasteiger partial charge in [0.25, 0.3) is 5.91 Å². The van der Waals surface area contributed by atoms with Crippen LogP contribution in [0.3, 0.4) is 0 Å². The van der Waals surface area contributed by atoms with E-state index in [-0.39, 0.29) is 18.0 Å². The zero-order chi connectivity index (χ0) is 21.8. The molecule has 1 amide bonds. The van der Waals surface area contributed by atoms with Gasteiger partial charge in [-0.25, -0.2) is 5.01 Å². The molecule has 4 rings (SSSR count). The Morgan fingerprint density at radius 2 is 1.77 bits per heavy atom. The van der Waals surface area contributed by atoms with E-state index >= 15 is 0 Å². The standard InChI is InChI=1S/C26H31N3O2/c1-19(22-15-9-13-20-10-7-8-14-23(20)22)27-18-24-26(2,3)31-17-16-29(24)28-25(30)21-11-5-4-6-12-21/h4-15,19,24,27H,16-18H2,1-3H3,(H,28,30)/t19-,24?/m1/s1. The molecule has 0 radical (unpaired) electrons. The van der Waals surface area contributed by atoms with Crippen molar-refractivity contribution in [2.75, 3.05) is 19.7 Å². The summed E-state index contributed by atoms with van der Waals surface area (Å²) in [4.78, 5) is 12.8. The molecule has 3 aromatic carbocycles. The summed E-state index contributed by atoms with van der Waals surface area (Å²) in [6.45, 7) is 8.28. The minimum Gasteiger partial charge on any atom is -0.372 e. The molecular weight excluding hydrogens is 386 g/mol. The average molecular weight is 418 g/mol. The summed E-state index contributed by atoms with van der Waals surface area (Å²) in [5.74, 6) is -0.0922. The SMILES string of the molecule is C[C@@H](NCC1N(NC(=O)c2ccccc2)CCOC1(C)C)c1cccc2ccccc12. The second-order valence-corrected chi connectivity index (χ2v) is 8.67. The maximum Gasteiger partial charge on any atom is 0.265 e. The molecule has 1 aliphatic heterocycles. The number of amides is 1. The molecule has 2 N–H and O–H groups in total. The third-order valence-electron chi connectivity index (χ3n) is 6.17. The van der Waals surface area contributed by atoms with Gasteiger partial charge in [-0.2, -0.15) is 0 Å². The number of carbonyl (C=O) groups is 1. The van der Waals surface area contributed by atoms with E-state index in [1.807, 2.05) is 35.3 Å². The van der Waals surface area contributed by atoms with Gasteiger partial charge in [0, 0.05) is 24.7 Å². The van der Waals surface area contributed by atoms with Crippen molar-refractivity contribution in [1.29, 1.82) is 0 Å². The fraction of sp³-hybridized carbons (Fsp3) is 0.346. The maximum absolute atomic E-state index is 12.8. The van der Waals surface area contributed by atoms with Gasteiger partial charge < -0.3 is 10.1 Å². The molecule has 5 nitrogen and oxygen atoms in total. The minimum atomic E-state index is -0.395. The van der Waals surface area contributed by atoms with Crippen molar-refractivity contribution < 1.29 is 9.53 Å². The molecule has 0 spiro atoms. The van der Waals surface area contributed by atoms with Crippen LogP contribution < -0.4 is 10.7 Å². The van der Waals surface area contributed by atoms with Crippen LogP contribution in [0.4, 0.5) is 0 Å². The highest BCUT2D eigenvalue weighted by molar-refractivity contribution is 5.93. The van der Waals surface area contributed by atoms with Crippen LogP contribution in [0.1, 0.15) is 42.7 Å². The molecule has 0 saturated carbocycles.